The van der Waals surface area contributed by atoms with Crippen molar-refractivity contribution in [2.75, 3.05) is 13.1 Å². The number of nitrogens with zero attached hydrogens (tertiary/aromatic N) is 1. The van der Waals surface area contributed by atoms with Crippen molar-refractivity contribution in [1.82, 2.24) is 10.2 Å². The van der Waals surface area contributed by atoms with Crippen LogP contribution in [0.4, 0.5) is 0 Å². The largest absolute Gasteiger partial charge is 0.355 e. The second-order valence-corrected chi connectivity index (χ2v) is 7.09. The van der Waals surface area contributed by atoms with Crippen molar-refractivity contribution in [2.45, 2.75) is 52.0 Å². The summed E-state index contributed by atoms with van der Waals surface area (Å²) in [6, 6.07) is 4.35. The van der Waals surface area contributed by atoms with Crippen LogP contribution in [-0.4, -0.2) is 35.8 Å². The zero-order chi connectivity index (χ0) is 15.2. The number of carbonyl (C=O) groups excluding carboxylic acids is 2. The van der Waals surface area contributed by atoms with E-state index in [4.69, 9.17) is 0 Å². The van der Waals surface area contributed by atoms with Crippen LogP contribution in [0.3, 0.4) is 0 Å². The zero-order valence-electron chi connectivity index (χ0n) is 12.9. The van der Waals surface area contributed by atoms with E-state index in [-0.39, 0.29) is 11.8 Å². The number of thiophene rings is 1. The summed E-state index contributed by atoms with van der Waals surface area (Å²) in [6.45, 7) is 5.44. The number of rotatable bonds is 5. The SMILES string of the molecule is Cc1ccc(CC(=O)NCCC(=O)N2CCCCC2C)s1. The van der Waals surface area contributed by atoms with E-state index in [0.29, 0.717) is 25.4 Å². The van der Waals surface area contributed by atoms with Crippen LogP contribution in [0.5, 0.6) is 0 Å². The van der Waals surface area contributed by atoms with Crippen molar-refractivity contribution in [3.63, 3.8) is 0 Å². The van der Waals surface area contributed by atoms with Gasteiger partial charge in [0.25, 0.3) is 0 Å². The lowest BCUT2D eigenvalue weighted by Gasteiger charge is -2.33. The molecule has 1 fully saturated rings. The van der Waals surface area contributed by atoms with E-state index >= 15 is 0 Å². The molecule has 1 aromatic rings. The fourth-order valence-corrected chi connectivity index (χ4v) is 3.61. The van der Waals surface area contributed by atoms with Crippen LogP contribution in [0.15, 0.2) is 12.1 Å². The van der Waals surface area contributed by atoms with Crippen LogP contribution in [0.2, 0.25) is 0 Å². The fraction of sp³-hybridized carbons (Fsp3) is 0.625. The Kier molecular flexibility index (Phi) is 5.79. The monoisotopic (exact) mass is 308 g/mol. The summed E-state index contributed by atoms with van der Waals surface area (Å²) in [4.78, 5) is 28.2. The minimum Gasteiger partial charge on any atom is -0.355 e. The summed E-state index contributed by atoms with van der Waals surface area (Å²) in [6.07, 6.45) is 4.21. The molecule has 0 aliphatic carbocycles. The summed E-state index contributed by atoms with van der Waals surface area (Å²) >= 11 is 1.64. The van der Waals surface area contributed by atoms with Crippen LogP contribution < -0.4 is 5.32 Å². The molecule has 2 rings (SSSR count). The van der Waals surface area contributed by atoms with Crippen molar-refractivity contribution in [3.05, 3.63) is 21.9 Å². The first-order valence-electron chi connectivity index (χ1n) is 7.68. The van der Waals surface area contributed by atoms with Crippen LogP contribution in [0, 0.1) is 6.92 Å². The van der Waals surface area contributed by atoms with Crippen molar-refractivity contribution in [1.29, 1.82) is 0 Å². The van der Waals surface area contributed by atoms with Crippen LogP contribution in [0.1, 0.15) is 42.4 Å². The van der Waals surface area contributed by atoms with Crippen molar-refractivity contribution >= 4 is 23.2 Å². The highest BCUT2D eigenvalue weighted by Crippen LogP contribution is 2.17. The number of piperidine rings is 1. The van der Waals surface area contributed by atoms with Gasteiger partial charge in [0, 0.05) is 35.3 Å². The molecule has 0 bridgehead atoms. The van der Waals surface area contributed by atoms with Gasteiger partial charge < -0.3 is 10.2 Å². The minimum atomic E-state index is -0.00339. The molecule has 21 heavy (non-hydrogen) atoms. The summed E-state index contributed by atoms with van der Waals surface area (Å²) in [5.74, 6) is 0.158. The Labute approximate surface area is 130 Å². The zero-order valence-corrected chi connectivity index (χ0v) is 13.7. The predicted octanol–water partition coefficient (Wildman–Crippen LogP) is 2.51. The van der Waals surface area contributed by atoms with Crippen LogP contribution in [-0.2, 0) is 16.0 Å². The van der Waals surface area contributed by atoms with E-state index in [2.05, 4.69) is 12.2 Å². The van der Waals surface area contributed by atoms with Gasteiger partial charge in [-0.2, -0.15) is 0 Å². The molecule has 4 nitrogen and oxygen atoms in total. The molecule has 2 heterocycles. The molecular formula is C16H24N2O2S. The molecule has 1 aromatic heterocycles. The van der Waals surface area contributed by atoms with Gasteiger partial charge in [-0.15, -0.1) is 11.3 Å². The highest BCUT2D eigenvalue weighted by Gasteiger charge is 2.22. The molecule has 0 saturated carbocycles. The van der Waals surface area contributed by atoms with Crippen molar-refractivity contribution in [3.8, 4) is 0 Å². The third kappa shape index (κ3) is 4.84. The summed E-state index contributed by atoms with van der Waals surface area (Å²) in [5, 5.41) is 2.85. The summed E-state index contributed by atoms with van der Waals surface area (Å²) < 4.78 is 0. The Bertz CT molecular complexity index is 498. The maximum absolute atomic E-state index is 12.1. The second kappa shape index (κ2) is 7.59. The second-order valence-electron chi connectivity index (χ2n) is 5.72. The van der Waals surface area contributed by atoms with Gasteiger partial charge in [-0.25, -0.2) is 0 Å². The molecule has 2 amide bonds. The fourth-order valence-electron chi connectivity index (χ4n) is 2.72. The van der Waals surface area contributed by atoms with Gasteiger partial charge >= 0.3 is 0 Å². The average Bonchev–Trinajstić information content (AvgIpc) is 2.84. The minimum absolute atomic E-state index is 0.00339. The smallest absolute Gasteiger partial charge is 0.225 e. The lowest BCUT2D eigenvalue weighted by Crippen LogP contribution is -2.43. The van der Waals surface area contributed by atoms with Gasteiger partial charge in [0.15, 0.2) is 0 Å². The first kappa shape index (κ1) is 16.0. The molecule has 0 aromatic carbocycles. The summed E-state index contributed by atoms with van der Waals surface area (Å²) in [5.41, 5.74) is 0. The lowest BCUT2D eigenvalue weighted by molar-refractivity contribution is -0.134. The molecule has 0 radical (unpaired) electrons. The van der Waals surface area contributed by atoms with Gasteiger partial charge in [0.05, 0.1) is 6.42 Å². The molecule has 5 heteroatoms. The molecule has 0 spiro atoms. The first-order valence-corrected chi connectivity index (χ1v) is 8.49. The third-order valence-corrected chi connectivity index (χ3v) is 4.92. The number of hydrogen-bond acceptors (Lipinski definition) is 3. The van der Waals surface area contributed by atoms with Crippen molar-refractivity contribution in [2.24, 2.45) is 0 Å². The maximum atomic E-state index is 12.1. The number of amides is 2. The third-order valence-electron chi connectivity index (χ3n) is 3.92. The van der Waals surface area contributed by atoms with Crippen LogP contribution >= 0.6 is 11.3 Å². The van der Waals surface area contributed by atoms with E-state index in [1.165, 1.54) is 11.3 Å². The molecule has 1 atom stereocenters. The molecule has 1 aliphatic rings. The van der Waals surface area contributed by atoms with E-state index in [1.54, 1.807) is 11.3 Å². The lowest BCUT2D eigenvalue weighted by atomic mass is 10.0. The van der Waals surface area contributed by atoms with Gasteiger partial charge in [-0.3, -0.25) is 9.59 Å². The van der Waals surface area contributed by atoms with Gasteiger partial charge in [-0.05, 0) is 45.2 Å². The standard InChI is InChI=1S/C16H24N2O2S/c1-12-5-3-4-10-18(12)16(20)8-9-17-15(19)11-14-7-6-13(2)21-14/h6-7,12H,3-5,8-11H2,1-2H3,(H,17,19). The molecule has 1 unspecified atom stereocenters. The van der Waals surface area contributed by atoms with Crippen LogP contribution in [0.25, 0.3) is 0 Å². The average molecular weight is 308 g/mol. The molecule has 1 aliphatic heterocycles. The molecule has 116 valence electrons. The number of aryl methyl sites for hydroxylation is 1. The molecule has 1 saturated heterocycles. The first-order chi connectivity index (χ1) is 10.1. The predicted molar refractivity (Wildman–Crippen MR) is 85.4 cm³/mol. The topological polar surface area (TPSA) is 49.4 Å². The van der Waals surface area contributed by atoms with E-state index in [0.717, 1.165) is 24.3 Å². The Morgan fingerprint density at radius 2 is 2.19 bits per heavy atom. The van der Waals surface area contributed by atoms with Crippen molar-refractivity contribution < 1.29 is 9.59 Å². The molecule has 1 N–H and O–H groups in total. The molecular weight excluding hydrogens is 284 g/mol. The maximum Gasteiger partial charge on any atom is 0.225 e. The number of nitrogens with one attached hydrogen (secondary N) is 1. The van der Waals surface area contributed by atoms with Gasteiger partial charge in [-0.1, -0.05) is 0 Å². The van der Waals surface area contributed by atoms with E-state index < -0.39 is 0 Å². The van der Waals surface area contributed by atoms with Gasteiger partial charge in [0.2, 0.25) is 11.8 Å². The van der Waals surface area contributed by atoms with Gasteiger partial charge in [0.1, 0.15) is 0 Å². The van der Waals surface area contributed by atoms with E-state index in [9.17, 15) is 9.59 Å². The Morgan fingerprint density at radius 3 is 2.86 bits per heavy atom. The quantitative estimate of drug-likeness (QED) is 0.908. The Hall–Kier alpha value is -1.36. The summed E-state index contributed by atoms with van der Waals surface area (Å²) in [7, 11) is 0. The highest BCUT2D eigenvalue weighted by atomic mass is 32.1. The Morgan fingerprint density at radius 1 is 1.38 bits per heavy atom. The number of hydrogen-bond donors (Lipinski definition) is 1. The normalized spacial score (nSPS) is 18.6. The highest BCUT2D eigenvalue weighted by molar-refractivity contribution is 7.12. The number of carbonyl (C=O) groups is 2. The Balaban J connectivity index is 1.68. The van der Waals surface area contributed by atoms with E-state index in [1.807, 2.05) is 24.0 Å². The number of likely N-dealkylation sites (tertiary alicyclic amines) is 1.